The first-order chi connectivity index (χ1) is 25.1. The summed E-state index contributed by atoms with van der Waals surface area (Å²) in [4.78, 5) is 12.7. The van der Waals surface area contributed by atoms with E-state index in [-0.39, 0.29) is 16.6 Å². The highest BCUT2D eigenvalue weighted by Gasteiger charge is 2.66. The first kappa shape index (κ1) is 40.5. The number of unbranched alkanes of at least 4 members (excludes halogenated alkanes) is 3. The summed E-state index contributed by atoms with van der Waals surface area (Å²) in [6.45, 7) is 16.1. The van der Waals surface area contributed by atoms with Gasteiger partial charge < -0.3 is 33.5 Å². The Labute approximate surface area is 315 Å². The third kappa shape index (κ3) is 9.09. The fraction of sp³-hybridized carbons (Fsp3) is 0.932. The average molecular weight is 731 g/mol. The molecule has 52 heavy (non-hydrogen) atoms. The number of carboxylic acids is 1. The molecule has 0 aromatic carbocycles. The van der Waals surface area contributed by atoms with Crippen molar-refractivity contribution < 1.29 is 38.3 Å². The summed E-state index contributed by atoms with van der Waals surface area (Å²) in [5, 5.41) is 10.4. The van der Waals surface area contributed by atoms with Crippen LogP contribution in [0.15, 0.2) is 11.3 Å². The number of aliphatic carboxylic acids is 1. The standard InChI is InChI=1S/C44H74O8/c1-5-14-39(29-47-30-39)17-8-11-20-50-37(35(4)38(45)46)42-23-36-24-43(26-42,51-21-12-9-18-40(15-6-2)31-48-32-40)28-44(25-36,27-42)52-22-13-10-19-41(16-7-3)33-49-34-41/h36H,5-34H2,1-4H3,(H,45,46). The molecule has 8 heteroatoms. The SMILES string of the molecule is CCCC1(CCCCOC(=C(C)C(=O)O)C23CC4CC(OCCCCC5(CCC)COC5)(CC(OCCCCC5(CCC)COC5)(C4)C2)C3)COC1. The molecule has 2 atom stereocenters. The van der Waals surface area contributed by atoms with E-state index in [2.05, 4.69) is 20.8 Å². The molecular weight excluding hydrogens is 656 g/mol. The van der Waals surface area contributed by atoms with Crippen molar-refractivity contribution in [3.05, 3.63) is 11.3 Å². The average Bonchev–Trinajstić information content (AvgIpc) is 3.04. The van der Waals surface area contributed by atoms with E-state index in [0.717, 1.165) is 142 Å². The van der Waals surface area contributed by atoms with Gasteiger partial charge in [-0.05, 0) is 109 Å². The molecule has 2 unspecified atom stereocenters. The highest BCUT2D eigenvalue weighted by atomic mass is 16.5. The van der Waals surface area contributed by atoms with Gasteiger partial charge in [0.1, 0.15) is 5.76 Å². The molecule has 7 fully saturated rings. The second kappa shape index (κ2) is 17.3. The van der Waals surface area contributed by atoms with E-state index >= 15 is 0 Å². The quantitative estimate of drug-likeness (QED) is 0.0535. The Bertz CT molecular complexity index is 1150. The highest BCUT2D eigenvalue weighted by Crippen LogP contribution is 2.68. The third-order valence-electron chi connectivity index (χ3n) is 14.3. The maximum atomic E-state index is 12.7. The summed E-state index contributed by atoms with van der Waals surface area (Å²) < 4.78 is 37.8. The Kier molecular flexibility index (Phi) is 13.5. The van der Waals surface area contributed by atoms with E-state index in [4.69, 9.17) is 28.4 Å². The summed E-state index contributed by atoms with van der Waals surface area (Å²) in [6.07, 6.45) is 23.0. The molecule has 1 N–H and O–H groups in total. The molecule has 7 aliphatic rings. The fourth-order valence-electron chi connectivity index (χ4n) is 12.2. The smallest absolute Gasteiger partial charge is 0.334 e. The van der Waals surface area contributed by atoms with E-state index in [9.17, 15) is 9.90 Å². The van der Waals surface area contributed by atoms with Crippen molar-refractivity contribution in [3.63, 3.8) is 0 Å². The Morgan fingerprint density at radius 2 is 1.02 bits per heavy atom. The summed E-state index contributed by atoms with van der Waals surface area (Å²) in [6, 6.07) is 0. The van der Waals surface area contributed by atoms with Gasteiger partial charge >= 0.3 is 5.97 Å². The predicted octanol–water partition coefficient (Wildman–Crippen LogP) is 9.82. The molecule has 0 aromatic rings. The number of hydrogen-bond acceptors (Lipinski definition) is 7. The zero-order valence-electron chi connectivity index (χ0n) is 33.6. The van der Waals surface area contributed by atoms with Gasteiger partial charge in [0.25, 0.3) is 0 Å². The second-order valence-electron chi connectivity index (χ2n) is 19.1. The van der Waals surface area contributed by atoms with Crippen molar-refractivity contribution >= 4 is 5.97 Å². The molecule has 4 bridgehead atoms. The highest BCUT2D eigenvalue weighted by molar-refractivity contribution is 5.86. The lowest BCUT2D eigenvalue weighted by molar-refractivity contribution is -0.261. The number of allylic oxidation sites excluding steroid dienone is 1. The lowest BCUT2D eigenvalue weighted by Gasteiger charge is -2.66. The van der Waals surface area contributed by atoms with Gasteiger partial charge in [-0.25, -0.2) is 4.79 Å². The van der Waals surface area contributed by atoms with Crippen molar-refractivity contribution in [2.75, 3.05) is 59.5 Å². The van der Waals surface area contributed by atoms with Gasteiger partial charge in [-0.2, -0.15) is 0 Å². The van der Waals surface area contributed by atoms with Crippen LogP contribution in [0.2, 0.25) is 0 Å². The van der Waals surface area contributed by atoms with Gasteiger partial charge in [-0.1, -0.05) is 52.9 Å². The monoisotopic (exact) mass is 731 g/mol. The van der Waals surface area contributed by atoms with Crippen molar-refractivity contribution in [2.45, 2.75) is 174 Å². The molecule has 0 radical (unpaired) electrons. The van der Waals surface area contributed by atoms with E-state index in [0.29, 0.717) is 34.3 Å². The van der Waals surface area contributed by atoms with E-state index in [1.165, 1.54) is 51.4 Å². The molecular formula is C44H74O8. The zero-order valence-corrected chi connectivity index (χ0v) is 33.6. The number of ether oxygens (including phenoxy) is 6. The van der Waals surface area contributed by atoms with Crippen molar-refractivity contribution in [1.29, 1.82) is 0 Å². The molecule has 0 amide bonds. The van der Waals surface area contributed by atoms with Crippen molar-refractivity contribution in [3.8, 4) is 0 Å². The molecule has 4 aliphatic carbocycles. The number of hydrogen-bond donors (Lipinski definition) is 1. The molecule has 0 spiro atoms. The van der Waals surface area contributed by atoms with Crippen molar-refractivity contribution in [1.82, 2.24) is 0 Å². The van der Waals surface area contributed by atoms with Gasteiger partial charge in [-0.15, -0.1) is 0 Å². The summed E-state index contributed by atoms with van der Waals surface area (Å²) in [7, 11) is 0. The Hall–Kier alpha value is -1.19. The lowest BCUT2D eigenvalue weighted by atomic mass is 9.45. The van der Waals surface area contributed by atoms with Crippen LogP contribution in [0.4, 0.5) is 0 Å². The van der Waals surface area contributed by atoms with Crippen LogP contribution >= 0.6 is 0 Å². The normalized spacial score (nSPS) is 32.4. The van der Waals surface area contributed by atoms with Gasteiger partial charge in [0.15, 0.2) is 0 Å². The summed E-state index contributed by atoms with van der Waals surface area (Å²) in [5.41, 5.74) is 0.519. The third-order valence-corrected chi connectivity index (χ3v) is 14.3. The first-order valence-electron chi connectivity index (χ1n) is 21.7. The Morgan fingerprint density at radius 3 is 1.38 bits per heavy atom. The van der Waals surface area contributed by atoms with Gasteiger partial charge in [-0.3, -0.25) is 0 Å². The van der Waals surface area contributed by atoms with E-state index in [1.54, 1.807) is 6.92 Å². The van der Waals surface area contributed by atoms with Crippen LogP contribution in [0, 0.1) is 27.6 Å². The maximum absolute atomic E-state index is 12.7. The van der Waals surface area contributed by atoms with Crippen LogP contribution in [0.5, 0.6) is 0 Å². The first-order valence-corrected chi connectivity index (χ1v) is 21.7. The van der Waals surface area contributed by atoms with Crippen LogP contribution in [-0.4, -0.2) is 81.7 Å². The van der Waals surface area contributed by atoms with Crippen LogP contribution in [0.1, 0.15) is 163 Å². The Balaban J connectivity index is 1.13. The molecule has 7 rings (SSSR count). The van der Waals surface area contributed by atoms with Crippen LogP contribution in [0.25, 0.3) is 0 Å². The summed E-state index contributed by atoms with van der Waals surface area (Å²) in [5.74, 6) is 0.299. The molecule has 3 heterocycles. The predicted molar refractivity (Wildman–Crippen MR) is 203 cm³/mol. The number of carboxylic acid groups (broad SMARTS) is 1. The maximum Gasteiger partial charge on any atom is 0.334 e. The van der Waals surface area contributed by atoms with Gasteiger partial charge in [0.2, 0.25) is 0 Å². The van der Waals surface area contributed by atoms with Gasteiger partial charge in [0.05, 0.1) is 63.0 Å². The lowest BCUT2D eigenvalue weighted by Crippen LogP contribution is -2.65. The molecule has 0 aromatic heterocycles. The molecule has 298 valence electrons. The topological polar surface area (TPSA) is 92.7 Å². The number of carbonyl (C=O) groups is 1. The minimum absolute atomic E-state index is 0.293. The molecule has 3 aliphatic heterocycles. The minimum Gasteiger partial charge on any atom is -0.497 e. The molecule has 3 saturated heterocycles. The van der Waals surface area contributed by atoms with Crippen LogP contribution in [0.3, 0.4) is 0 Å². The van der Waals surface area contributed by atoms with E-state index in [1.807, 2.05) is 0 Å². The molecule has 4 saturated carbocycles. The zero-order chi connectivity index (χ0) is 36.8. The fourth-order valence-corrected chi connectivity index (χ4v) is 12.2. The summed E-state index contributed by atoms with van der Waals surface area (Å²) >= 11 is 0. The molecule has 8 nitrogen and oxygen atoms in total. The van der Waals surface area contributed by atoms with Gasteiger partial charge in [0, 0.05) is 41.3 Å². The largest absolute Gasteiger partial charge is 0.497 e. The van der Waals surface area contributed by atoms with Crippen LogP contribution in [-0.2, 0) is 33.2 Å². The Morgan fingerprint density at radius 1 is 0.596 bits per heavy atom. The second-order valence-corrected chi connectivity index (χ2v) is 19.1. The minimum atomic E-state index is -0.869. The van der Waals surface area contributed by atoms with E-state index < -0.39 is 5.97 Å². The van der Waals surface area contributed by atoms with Crippen LogP contribution < -0.4 is 0 Å². The number of rotatable bonds is 26. The van der Waals surface area contributed by atoms with Crippen molar-refractivity contribution in [2.24, 2.45) is 27.6 Å².